The number of carbonyl (C=O) groups is 2. The van der Waals surface area contributed by atoms with Gasteiger partial charge < -0.3 is 5.32 Å². The number of nitrogens with zero attached hydrogens (tertiary/aromatic N) is 1. The molecule has 0 fully saturated rings. The highest BCUT2D eigenvalue weighted by molar-refractivity contribution is 6.36. The smallest absolute Gasteiger partial charge is 0.278 e. The number of rotatable bonds is 5. The summed E-state index contributed by atoms with van der Waals surface area (Å²) in [6.45, 7) is 4.21. The third-order valence-corrected chi connectivity index (χ3v) is 4.04. The summed E-state index contributed by atoms with van der Waals surface area (Å²) in [7, 11) is 0. The quantitative estimate of drug-likeness (QED) is 0.845. The zero-order chi connectivity index (χ0) is 18.0. The summed E-state index contributed by atoms with van der Waals surface area (Å²) in [4.78, 5) is 26.8. The zero-order valence-corrected chi connectivity index (χ0v) is 14.2. The largest absolute Gasteiger partial charge is 0.350 e. The van der Waals surface area contributed by atoms with Crippen LogP contribution in [0.5, 0.6) is 0 Å². The van der Waals surface area contributed by atoms with Gasteiger partial charge in [0.05, 0.1) is 5.57 Å². The van der Waals surface area contributed by atoms with Gasteiger partial charge in [-0.15, -0.1) is 0 Å². The molecule has 1 N–H and O–H groups in total. The lowest BCUT2D eigenvalue weighted by molar-refractivity contribution is -0.136. The van der Waals surface area contributed by atoms with Crippen molar-refractivity contribution in [1.82, 2.24) is 4.90 Å². The molecule has 128 valence electrons. The second-order valence-electron chi connectivity index (χ2n) is 6.01. The Morgan fingerprint density at radius 2 is 1.76 bits per heavy atom. The van der Waals surface area contributed by atoms with Crippen LogP contribution in [-0.4, -0.2) is 23.3 Å². The van der Waals surface area contributed by atoms with Gasteiger partial charge in [0.1, 0.15) is 11.5 Å². The van der Waals surface area contributed by atoms with E-state index in [4.69, 9.17) is 0 Å². The molecule has 1 aliphatic heterocycles. The summed E-state index contributed by atoms with van der Waals surface area (Å²) in [5.41, 5.74) is 2.80. The molecule has 1 aliphatic rings. The van der Waals surface area contributed by atoms with Gasteiger partial charge in [0, 0.05) is 12.2 Å². The molecule has 0 radical (unpaired) electrons. The van der Waals surface area contributed by atoms with Crippen LogP contribution in [0.2, 0.25) is 0 Å². The van der Waals surface area contributed by atoms with Crippen LogP contribution in [-0.2, 0) is 9.59 Å². The molecular formula is C20H19FN2O2. The van der Waals surface area contributed by atoms with E-state index in [1.807, 2.05) is 38.1 Å². The Bertz CT molecular complexity index is 856. The Hall–Kier alpha value is -2.95. The maximum absolute atomic E-state index is 13.2. The highest BCUT2D eigenvalue weighted by Crippen LogP contribution is 2.30. The molecule has 2 amide bonds. The molecule has 2 aromatic rings. The van der Waals surface area contributed by atoms with E-state index in [1.54, 1.807) is 0 Å². The van der Waals surface area contributed by atoms with E-state index in [9.17, 15) is 14.0 Å². The normalized spacial score (nSPS) is 14.4. The predicted octanol–water partition coefficient (Wildman–Crippen LogP) is 3.74. The number of aryl methyl sites for hydroxylation is 1. The van der Waals surface area contributed by atoms with E-state index < -0.39 is 0 Å². The number of nitrogens with one attached hydrogen (secondary N) is 1. The summed E-state index contributed by atoms with van der Waals surface area (Å²) in [5.74, 6) is -1.10. The number of benzene rings is 2. The molecule has 2 aromatic carbocycles. The third-order valence-electron chi connectivity index (χ3n) is 4.04. The van der Waals surface area contributed by atoms with Gasteiger partial charge in [-0.1, -0.05) is 31.2 Å². The molecule has 0 spiro atoms. The minimum atomic E-state index is -0.389. The minimum Gasteiger partial charge on any atom is -0.350 e. The number of imide groups is 1. The fourth-order valence-electron chi connectivity index (χ4n) is 2.87. The van der Waals surface area contributed by atoms with E-state index >= 15 is 0 Å². The highest BCUT2D eigenvalue weighted by Gasteiger charge is 2.38. The fraction of sp³-hybridized carbons (Fsp3) is 0.200. The first-order valence-corrected chi connectivity index (χ1v) is 8.21. The molecule has 3 rings (SSSR count). The van der Waals surface area contributed by atoms with Crippen molar-refractivity contribution < 1.29 is 14.0 Å². The lowest BCUT2D eigenvalue weighted by Gasteiger charge is -2.13. The van der Waals surface area contributed by atoms with E-state index in [0.717, 1.165) is 11.3 Å². The summed E-state index contributed by atoms with van der Waals surface area (Å²) in [6.07, 6.45) is 0.673. The van der Waals surface area contributed by atoms with Crippen molar-refractivity contribution in [3.8, 4) is 0 Å². The number of hydrogen-bond donors (Lipinski definition) is 1. The molecule has 0 aliphatic carbocycles. The monoisotopic (exact) mass is 338 g/mol. The van der Waals surface area contributed by atoms with Gasteiger partial charge >= 0.3 is 0 Å². The molecule has 4 nitrogen and oxygen atoms in total. The van der Waals surface area contributed by atoms with Gasteiger partial charge in [-0.3, -0.25) is 14.5 Å². The standard InChI is InChI=1S/C20H19FN2O2/c1-3-11-23-19(24)17(14-7-9-15(21)10-8-14)18(20(23)25)22-16-6-4-5-13(2)12-16/h4-10,12,22H,3,11H2,1-2H3. The Balaban J connectivity index is 2.07. The molecular weight excluding hydrogens is 319 g/mol. The molecule has 25 heavy (non-hydrogen) atoms. The van der Waals surface area contributed by atoms with Crippen LogP contribution in [0.25, 0.3) is 5.57 Å². The maximum Gasteiger partial charge on any atom is 0.278 e. The Labute approximate surface area is 146 Å². The minimum absolute atomic E-state index is 0.232. The zero-order valence-electron chi connectivity index (χ0n) is 14.2. The van der Waals surface area contributed by atoms with Crippen molar-refractivity contribution in [2.75, 3.05) is 11.9 Å². The van der Waals surface area contributed by atoms with E-state index in [-0.39, 0.29) is 28.9 Å². The predicted molar refractivity (Wildman–Crippen MR) is 95.1 cm³/mol. The van der Waals surface area contributed by atoms with E-state index in [2.05, 4.69) is 5.32 Å². The molecule has 0 aromatic heterocycles. The van der Waals surface area contributed by atoms with Crippen LogP contribution in [0.3, 0.4) is 0 Å². The van der Waals surface area contributed by atoms with Crippen LogP contribution in [0.4, 0.5) is 10.1 Å². The molecule has 0 bridgehead atoms. The van der Waals surface area contributed by atoms with Crippen molar-refractivity contribution in [2.45, 2.75) is 20.3 Å². The first kappa shape index (κ1) is 16.9. The average Bonchev–Trinajstić information content (AvgIpc) is 2.81. The first-order chi connectivity index (χ1) is 12.0. The lowest BCUT2D eigenvalue weighted by Crippen LogP contribution is -2.33. The Morgan fingerprint density at radius 1 is 1.04 bits per heavy atom. The Kier molecular flexibility index (Phi) is 4.65. The summed E-state index contributed by atoms with van der Waals surface area (Å²) < 4.78 is 13.2. The number of halogens is 1. The van der Waals surface area contributed by atoms with Crippen LogP contribution in [0, 0.1) is 12.7 Å². The third kappa shape index (κ3) is 3.31. The van der Waals surface area contributed by atoms with Gasteiger partial charge in [0.15, 0.2) is 0 Å². The number of amides is 2. The first-order valence-electron chi connectivity index (χ1n) is 8.21. The SMILES string of the molecule is CCCN1C(=O)C(Nc2cccc(C)c2)=C(c2ccc(F)cc2)C1=O. The summed E-state index contributed by atoms with van der Waals surface area (Å²) >= 11 is 0. The molecule has 5 heteroatoms. The van der Waals surface area contributed by atoms with Crippen LogP contribution in [0.15, 0.2) is 54.2 Å². The average molecular weight is 338 g/mol. The van der Waals surface area contributed by atoms with Crippen molar-refractivity contribution in [2.24, 2.45) is 0 Å². The fourth-order valence-corrected chi connectivity index (χ4v) is 2.87. The molecule has 0 saturated heterocycles. The van der Waals surface area contributed by atoms with Gasteiger partial charge in [-0.25, -0.2) is 4.39 Å². The number of hydrogen-bond acceptors (Lipinski definition) is 3. The summed E-state index contributed by atoms with van der Waals surface area (Å²) in [5, 5.41) is 3.09. The topological polar surface area (TPSA) is 49.4 Å². The lowest BCUT2D eigenvalue weighted by atomic mass is 10.0. The highest BCUT2D eigenvalue weighted by atomic mass is 19.1. The van der Waals surface area contributed by atoms with Crippen molar-refractivity contribution in [3.63, 3.8) is 0 Å². The second-order valence-corrected chi connectivity index (χ2v) is 6.01. The maximum atomic E-state index is 13.2. The molecule has 0 atom stereocenters. The summed E-state index contributed by atoms with van der Waals surface area (Å²) in [6, 6.07) is 13.2. The van der Waals surface area contributed by atoms with Gasteiger partial charge in [-0.2, -0.15) is 0 Å². The van der Waals surface area contributed by atoms with Crippen molar-refractivity contribution in [1.29, 1.82) is 0 Å². The van der Waals surface area contributed by atoms with Gasteiger partial charge in [-0.05, 0) is 48.7 Å². The second kappa shape index (κ2) is 6.89. The molecule has 0 saturated carbocycles. The van der Waals surface area contributed by atoms with Crippen LogP contribution in [0.1, 0.15) is 24.5 Å². The van der Waals surface area contributed by atoms with Crippen molar-refractivity contribution in [3.05, 3.63) is 71.2 Å². The van der Waals surface area contributed by atoms with E-state index in [1.165, 1.54) is 29.2 Å². The number of carbonyl (C=O) groups excluding carboxylic acids is 2. The van der Waals surface area contributed by atoms with Crippen LogP contribution < -0.4 is 5.32 Å². The molecule has 0 unspecified atom stereocenters. The molecule has 1 heterocycles. The van der Waals surface area contributed by atoms with E-state index in [0.29, 0.717) is 18.5 Å². The van der Waals surface area contributed by atoms with Crippen LogP contribution >= 0.6 is 0 Å². The van der Waals surface area contributed by atoms with Gasteiger partial charge in [0.2, 0.25) is 0 Å². The van der Waals surface area contributed by atoms with Crippen molar-refractivity contribution >= 4 is 23.1 Å². The van der Waals surface area contributed by atoms with Gasteiger partial charge in [0.25, 0.3) is 11.8 Å². The Morgan fingerprint density at radius 3 is 2.40 bits per heavy atom. The number of anilines is 1.